The van der Waals surface area contributed by atoms with E-state index >= 15 is 0 Å². The molecule has 2 N–H and O–H groups in total. The second-order valence-corrected chi connectivity index (χ2v) is 4.01. The van der Waals surface area contributed by atoms with Gasteiger partial charge in [0, 0.05) is 32.0 Å². The zero-order chi connectivity index (χ0) is 11.5. The van der Waals surface area contributed by atoms with E-state index in [0.29, 0.717) is 6.61 Å². The first-order chi connectivity index (χ1) is 7.72. The van der Waals surface area contributed by atoms with Gasteiger partial charge in [0.1, 0.15) is 0 Å². The molecule has 0 fully saturated rings. The first-order valence-electron chi connectivity index (χ1n) is 5.37. The molecular weight excluding hydrogens is 202 g/mol. The van der Waals surface area contributed by atoms with Gasteiger partial charge in [-0.3, -0.25) is 4.68 Å². The molecule has 0 amide bonds. The molecular formula is C12H17N3O. The average molecular weight is 219 g/mol. The Labute approximate surface area is 95.0 Å². The van der Waals surface area contributed by atoms with E-state index in [1.165, 1.54) is 5.39 Å². The van der Waals surface area contributed by atoms with Crippen LogP contribution in [0, 0.1) is 0 Å². The Kier molecular flexibility index (Phi) is 3.22. The van der Waals surface area contributed by atoms with Crippen molar-refractivity contribution in [1.82, 2.24) is 9.78 Å². The van der Waals surface area contributed by atoms with Gasteiger partial charge in [-0.25, -0.2) is 0 Å². The van der Waals surface area contributed by atoms with E-state index < -0.39 is 0 Å². The molecule has 0 saturated carbocycles. The number of benzene rings is 1. The summed E-state index contributed by atoms with van der Waals surface area (Å²) in [5, 5.41) is 5.67. The van der Waals surface area contributed by atoms with Gasteiger partial charge in [0.15, 0.2) is 0 Å². The Hall–Kier alpha value is -1.39. The van der Waals surface area contributed by atoms with Crippen molar-refractivity contribution >= 4 is 10.9 Å². The van der Waals surface area contributed by atoms with E-state index in [1.54, 1.807) is 7.11 Å². The van der Waals surface area contributed by atoms with Crippen LogP contribution in [0.15, 0.2) is 24.3 Å². The third-order valence-corrected chi connectivity index (χ3v) is 2.67. The summed E-state index contributed by atoms with van der Waals surface area (Å²) in [6.45, 7) is 0.560. The molecule has 0 spiro atoms. The average Bonchev–Trinajstić information content (AvgIpc) is 2.57. The minimum Gasteiger partial charge on any atom is -0.383 e. The van der Waals surface area contributed by atoms with Gasteiger partial charge in [0.25, 0.3) is 0 Å². The summed E-state index contributed by atoms with van der Waals surface area (Å²) in [5.41, 5.74) is 8.13. The van der Waals surface area contributed by atoms with Crippen LogP contribution in [-0.4, -0.2) is 29.5 Å². The highest BCUT2D eigenvalue weighted by atomic mass is 16.5. The maximum Gasteiger partial charge on any atom is 0.0719 e. The minimum atomic E-state index is 0.00306. The molecule has 1 unspecified atom stereocenters. The SMILES string of the molecule is COCC(N)Cc1nn(C)c2ccccc12. The number of para-hydroxylation sites is 1. The van der Waals surface area contributed by atoms with Crippen LogP contribution in [0.3, 0.4) is 0 Å². The second kappa shape index (κ2) is 4.63. The summed E-state index contributed by atoms with van der Waals surface area (Å²) in [4.78, 5) is 0. The lowest BCUT2D eigenvalue weighted by molar-refractivity contribution is 0.179. The van der Waals surface area contributed by atoms with Crippen molar-refractivity contribution in [2.24, 2.45) is 12.8 Å². The van der Waals surface area contributed by atoms with Gasteiger partial charge in [-0.2, -0.15) is 5.10 Å². The quantitative estimate of drug-likeness (QED) is 0.837. The molecule has 86 valence electrons. The van der Waals surface area contributed by atoms with Crippen LogP contribution in [-0.2, 0) is 18.2 Å². The van der Waals surface area contributed by atoms with E-state index in [-0.39, 0.29) is 6.04 Å². The lowest BCUT2D eigenvalue weighted by Gasteiger charge is -2.07. The van der Waals surface area contributed by atoms with Crippen LogP contribution < -0.4 is 5.73 Å². The summed E-state index contributed by atoms with van der Waals surface area (Å²) in [6, 6.07) is 8.19. The van der Waals surface area contributed by atoms with E-state index in [1.807, 2.05) is 23.9 Å². The molecule has 1 atom stereocenters. The molecule has 2 rings (SSSR count). The van der Waals surface area contributed by atoms with Gasteiger partial charge in [0.2, 0.25) is 0 Å². The molecule has 0 radical (unpaired) electrons. The van der Waals surface area contributed by atoms with E-state index in [4.69, 9.17) is 10.5 Å². The molecule has 4 heteroatoms. The molecule has 4 nitrogen and oxygen atoms in total. The number of aryl methyl sites for hydroxylation is 1. The van der Waals surface area contributed by atoms with Crippen LogP contribution >= 0.6 is 0 Å². The molecule has 0 aliphatic rings. The molecule has 0 aliphatic carbocycles. The molecule has 0 aliphatic heterocycles. The number of hydrogen-bond acceptors (Lipinski definition) is 3. The Balaban J connectivity index is 2.31. The largest absolute Gasteiger partial charge is 0.383 e. The first kappa shape index (κ1) is 11.1. The monoisotopic (exact) mass is 219 g/mol. The number of methoxy groups -OCH3 is 1. The van der Waals surface area contributed by atoms with Crippen LogP contribution in [0.4, 0.5) is 0 Å². The zero-order valence-corrected chi connectivity index (χ0v) is 9.68. The fraction of sp³-hybridized carbons (Fsp3) is 0.417. The number of aromatic nitrogens is 2. The maximum absolute atomic E-state index is 5.94. The van der Waals surface area contributed by atoms with Gasteiger partial charge < -0.3 is 10.5 Å². The number of rotatable bonds is 4. The lowest BCUT2D eigenvalue weighted by Crippen LogP contribution is -2.28. The number of nitrogens with two attached hydrogens (primary N) is 1. The molecule has 0 saturated heterocycles. The molecule has 2 aromatic rings. The highest BCUT2D eigenvalue weighted by molar-refractivity contribution is 5.81. The Bertz CT molecular complexity index is 478. The van der Waals surface area contributed by atoms with Crippen molar-refractivity contribution < 1.29 is 4.74 Å². The second-order valence-electron chi connectivity index (χ2n) is 4.01. The van der Waals surface area contributed by atoms with Crippen LogP contribution in [0.25, 0.3) is 10.9 Å². The van der Waals surface area contributed by atoms with Crippen LogP contribution in [0.2, 0.25) is 0 Å². The molecule has 1 aromatic heterocycles. The highest BCUT2D eigenvalue weighted by Gasteiger charge is 2.11. The summed E-state index contributed by atoms with van der Waals surface area (Å²) >= 11 is 0. The molecule has 1 aromatic carbocycles. The highest BCUT2D eigenvalue weighted by Crippen LogP contribution is 2.18. The zero-order valence-electron chi connectivity index (χ0n) is 9.68. The summed E-state index contributed by atoms with van der Waals surface area (Å²) in [6.07, 6.45) is 0.745. The van der Waals surface area contributed by atoms with Crippen LogP contribution in [0.5, 0.6) is 0 Å². The van der Waals surface area contributed by atoms with Crippen molar-refractivity contribution in [3.63, 3.8) is 0 Å². The van der Waals surface area contributed by atoms with Crippen molar-refractivity contribution in [3.8, 4) is 0 Å². The number of nitrogens with zero attached hydrogens (tertiary/aromatic N) is 2. The molecule has 0 bridgehead atoms. The minimum absolute atomic E-state index is 0.00306. The molecule has 1 heterocycles. The van der Waals surface area contributed by atoms with Crippen molar-refractivity contribution in [1.29, 1.82) is 0 Å². The summed E-state index contributed by atoms with van der Waals surface area (Å²) < 4.78 is 6.93. The fourth-order valence-electron chi connectivity index (χ4n) is 1.96. The molecule has 16 heavy (non-hydrogen) atoms. The predicted molar refractivity (Wildman–Crippen MR) is 64.3 cm³/mol. The van der Waals surface area contributed by atoms with Crippen molar-refractivity contribution in [3.05, 3.63) is 30.0 Å². The van der Waals surface area contributed by atoms with Gasteiger partial charge in [-0.1, -0.05) is 18.2 Å². The van der Waals surface area contributed by atoms with Gasteiger partial charge in [0.05, 0.1) is 17.8 Å². The number of fused-ring (bicyclic) bond motifs is 1. The number of hydrogen-bond donors (Lipinski definition) is 1. The third-order valence-electron chi connectivity index (χ3n) is 2.67. The maximum atomic E-state index is 5.94. The van der Waals surface area contributed by atoms with Crippen molar-refractivity contribution in [2.45, 2.75) is 12.5 Å². The summed E-state index contributed by atoms with van der Waals surface area (Å²) in [5.74, 6) is 0. The van der Waals surface area contributed by atoms with Gasteiger partial charge in [-0.05, 0) is 6.07 Å². The first-order valence-corrected chi connectivity index (χ1v) is 5.37. The third kappa shape index (κ3) is 2.08. The summed E-state index contributed by atoms with van der Waals surface area (Å²) in [7, 11) is 3.62. The normalized spacial score (nSPS) is 13.2. The van der Waals surface area contributed by atoms with E-state index in [9.17, 15) is 0 Å². The van der Waals surface area contributed by atoms with E-state index in [2.05, 4.69) is 17.2 Å². The van der Waals surface area contributed by atoms with Gasteiger partial charge in [-0.15, -0.1) is 0 Å². The standard InChI is InChI=1S/C12H17N3O/c1-15-12-6-4-3-5-10(12)11(14-15)7-9(13)8-16-2/h3-6,9H,7-8,13H2,1-2H3. The van der Waals surface area contributed by atoms with Gasteiger partial charge >= 0.3 is 0 Å². The topological polar surface area (TPSA) is 53.1 Å². The Morgan fingerprint density at radius 2 is 2.19 bits per heavy atom. The smallest absolute Gasteiger partial charge is 0.0719 e. The fourth-order valence-corrected chi connectivity index (χ4v) is 1.96. The lowest BCUT2D eigenvalue weighted by atomic mass is 10.1. The number of ether oxygens (including phenoxy) is 1. The van der Waals surface area contributed by atoms with E-state index in [0.717, 1.165) is 17.6 Å². The predicted octanol–water partition coefficient (Wildman–Crippen LogP) is 1.09. The van der Waals surface area contributed by atoms with Crippen LogP contribution in [0.1, 0.15) is 5.69 Å². The Morgan fingerprint density at radius 3 is 2.94 bits per heavy atom. The van der Waals surface area contributed by atoms with Crippen molar-refractivity contribution in [2.75, 3.05) is 13.7 Å². The Morgan fingerprint density at radius 1 is 1.44 bits per heavy atom.